The molecule has 0 aliphatic carbocycles. The summed E-state index contributed by atoms with van der Waals surface area (Å²) >= 11 is 0. The molecule has 1 aliphatic heterocycles. The van der Waals surface area contributed by atoms with Gasteiger partial charge in [0.2, 0.25) is 0 Å². The molecule has 4 rings (SSSR count). The molecule has 0 saturated heterocycles. The Bertz CT molecular complexity index is 1020. The lowest BCUT2D eigenvalue weighted by Crippen LogP contribution is -2.28. The van der Waals surface area contributed by atoms with Crippen molar-refractivity contribution in [2.24, 2.45) is 0 Å². The van der Waals surface area contributed by atoms with Crippen molar-refractivity contribution < 1.29 is 9.53 Å². The van der Waals surface area contributed by atoms with E-state index in [0.29, 0.717) is 18.3 Å². The normalized spacial score (nSPS) is 15.1. The van der Waals surface area contributed by atoms with Crippen LogP contribution in [0.1, 0.15) is 28.5 Å². The molecule has 2 heterocycles. The summed E-state index contributed by atoms with van der Waals surface area (Å²) in [6.07, 6.45) is 3.44. The third-order valence-electron chi connectivity index (χ3n) is 5.29. The number of carbonyl (C=O) groups excluding carboxylic acids is 1. The predicted molar refractivity (Wildman–Crippen MR) is 115 cm³/mol. The third kappa shape index (κ3) is 4.09. The van der Waals surface area contributed by atoms with Crippen molar-refractivity contribution in [2.75, 3.05) is 18.6 Å². The lowest BCUT2D eigenvalue weighted by Gasteiger charge is -2.25. The van der Waals surface area contributed by atoms with E-state index in [2.05, 4.69) is 46.4 Å². The van der Waals surface area contributed by atoms with E-state index < -0.39 is 0 Å². The summed E-state index contributed by atoms with van der Waals surface area (Å²) in [5.74, 6) is 0.665. The number of pyridine rings is 1. The van der Waals surface area contributed by atoms with E-state index in [4.69, 9.17) is 4.74 Å². The lowest BCUT2D eigenvalue weighted by atomic mass is 10.1. The maximum absolute atomic E-state index is 12.6. The Balaban J connectivity index is 1.44. The quantitative estimate of drug-likeness (QED) is 0.691. The SMILES string of the molecule is COc1cccc(CCNC(=O)c2cc(N3c4ccccc4CC3C)ccn2)c1. The number of anilines is 2. The summed E-state index contributed by atoms with van der Waals surface area (Å²) in [5.41, 5.74) is 5.09. The second-order valence-corrected chi connectivity index (χ2v) is 7.31. The molecular formula is C24H25N3O2. The van der Waals surface area contributed by atoms with Crippen molar-refractivity contribution in [3.63, 3.8) is 0 Å². The van der Waals surface area contributed by atoms with Crippen LogP contribution in [0.3, 0.4) is 0 Å². The lowest BCUT2D eigenvalue weighted by molar-refractivity contribution is 0.0949. The zero-order valence-corrected chi connectivity index (χ0v) is 16.8. The van der Waals surface area contributed by atoms with E-state index in [1.165, 1.54) is 11.3 Å². The molecule has 1 aromatic heterocycles. The van der Waals surface area contributed by atoms with Gasteiger partial charge in [-0.05, 0) is 61.2 Å². The van der Waals surface area contributed by atoms with Crippen LogP contribution in [0, 0.1) is 0 Å². The fraction of sp³-hybridized carbons (Fsp3) is 0.250. The van der Waals surface area contributed by atoms with E-state index in [0.717, 1.165) is 29.8 Å². The standard InChI is InChI=1S/C24H25N3O2/c1-17-14-19-7-3-4-9-23(19)27(17)20-11-13-25-22(16-20)24(28)26-12-10-18-6-5-8-21(15-18)29-2/h3-9,11,13,15-17H,10,12,14H2,1-2H3,(H,26,28). The summed E-state index contributed by atoms with van der Waals surface area (Å²) in [6.45, 7) is 2.75. The molecule has 29 heavy (non-hydrogen) atoms. The Morgan fingerprint density at radius 2 is 2.03 bits per heavy atom. The fourth-order valence-electron chi connectivity index (χ4n) is 3.89. The van der Waals surface area contributed by atoms with Gasteiger partial charge < -0.3 is 15.0 Å². The predicted octanol–water partition coefficient (Wildman–Crippen LogP) is 4.15. The third-order valence-corrected chi connectivity index (χ3v) is 5.29. The molecule has 3 aromatic rings. The number of carbonyl (C=O) groups is 1. The number of hydrogen-bond acceptors (Lipinski definition) is 4. The molecule has 0 fully saturated rings. The van der Waals surface area contributed by atoms with Gasteiger partial charge in [0.25, 0.3) is 5.91 Å². The molecule has 0 spiro atoms. The number of hydrogen-bond donors (Lipinski definition) is 1. The molecule has 2 aromatic carbocycles. The first-order valence-electron chi connectivity index (χ1n) is 9.90. The summed E-state index contributed by atoms with van der Waals surface area (Å²) in [4.78, 5) is 19.2. The molecule has 5 nitrogen and oxygen atoms in total. The van der Waals surface area contributed by atoms with Crippen LogP contribution in [-0.2, 0) is 12.8 Å². The molecule has 1 amide bonds. The number of aromatic nitrogens is 1. The zero-order valence-electron chi connectivity index (χ0n) is 16.8. The van der Waals surface area contributed by atoms with Crippen molar-refractivity contribution in [1.82, 2.24) is 10.3 Å². The van der Waals surface area contributed by atoms with Crippen LogP contribution in [0.5, 0.6) is 5.75 Å². The Kier molecular flexibility index (Phi) is 5.47. The van der Waals surface area contributed by atoms with Gasteiger partial charge in [0.15, 0.2) is 0 Å². The van der Waals surface area contributed by atoms with E-state index in [9.17, 15) is 4.79 Å². The van der Waals surface area contributed by atoms with Crippen molar-refractivity contribution >= 4 is 17.3 Å². The number of nitrogens with one attached hydrogen (secondary N) is 1. The Hall–Kier alpha value is -3.34. The molecule has 1 atom stereocenters. The molecule has 1 unspecified atom stereocenters. The van der Waals surface area contributed by atoms with Gasteiger partial charge in [0.05, 0.1) is 7.11 Å². The van der Waals surface area contributed by atoms with Gasteiger partial charge >= 0.3 is 0 Å². The van der Waals surface area contributed by atoms with E-state index >= 15 is 0 Å². The molecule has 148 valence electrons. The number of rotatable bonds is 6. The van der Waals surface area contributed by atoms with E-state index in [1.54, 1.807) is 13.3 Å². The minimum atomic E-state index is -0.158. The van der Waals surface area contributed by atoms with Gasteiger partial charge in [-0.15, -0.1) is 0 Å². The highest BCUT2D eigenvalue weighted by molar-refractivity contribution is 5.93. The topological polar surface area (TPSA) is 54.5 Å². The van der Waals surface area contributed by atoms with Gasteiger partial charge in [-0.2, -0.15) is 0 Å². The number of methoxy groups -OCH3 is 1. The molecule has 0 radical (unpaired) electrons. The second-order valence-electron chi connectivity index (χ2n) is 7.31. The Labute approximate surface area is 171 Å². The molecule has 1 N–H and O–H groups in total. The van der Waals surface area contributed by atoms with Crippen molar-refractivity contribution in [3.8, 4) is 5.75 Å². The van der Waals surface area contributed by atoms with E-state index in [1.807, 2.05) is 36.4 Å². The van der Waals surface area contributed by atoms with Crippen molar-refractivity contribution in [3.05, 3.63) is 83.7 Å². The molecule has 5 heteroatoms. The van der Waals surface area contributed by atoms with Crippen LogP contribution in [0.4, 0.5) is 11.4 Å². The summed E-state index contributed by atoms with van der Waals surface area (Å²) in [5, 5.41) is 2.97. The largest absolute Gasteiger partial charge is 0.497 e. The van der Waals surface area contributed by atoms with Crippen molar-refractivity contribution in [1.29, 1.82) is 0 Å². The zero-order chi connectivity index (χ0) is 20.2. The van der Waals surface area contributed by atoms with Gasteiger partial charge in [0.1, 0.15) is 11.4 Å². The number of fused-ring (bicyclic) bond motifs is 1. The minimum Gasteiger partial charge on any atom is -0.497 e. The van der Waals surface area contributed by atoms with Crippen LogP contribution in [0.15, 0.2) is 66.9 Å². The molecular weight excluding hydrogens is 362 g/mol. The average molecular weight is 387 g/mol. The fourth-order valence-corrected chi connectivity index (χ4v) is 3.89. The van der Waals surface area contributed by atoms with Crippen LogP contribution >= 0.6 is 0 Å². The van der Waals surface area contributed by atoms with Crippen LogP contribution in [0.25, 0.3) is 0 Å². The average Bonchev–Trinajstić information content (AvgIpc) is 3.09. The minimum absolute atomic E-state index is 0.158. The van der Waals surface area contributed by atoms with Gasteiger partial charge in [-0.3, -0.25) is 9.78 Å². The van der Waals surface area contributed by atoms with Gasteiger partial charge in [0, 0.05) is 30.2 Å². The first-order valence-corrected chi connectivity index (χ1v) is 9.90. The molecule has 1 aliphatic rings. The second kappa shape index (κ2) is 8.35. The summed E-state index contributed by atoms with van der Waals surface area (Å²) < 4.78 is 5.25. The molecule has 0 saturated carbocycles. The van der Waals surface area contributed by atoms with E-state index in [-0.39, 0.29) is 5.91 Å². The smallest absolute Gasteiger partial charge is 0.269 e. The highest BCUT2D eigenvalue weighted by Crippen LogP contribution is 2.37. The summed E-state index contributed by atoms with van der Waals surface area (Å²) in [6, 6.07) is 20.5. The number of para-hydroxylation sites is 1. The number of nitrogens with zero attached hydrogens (tertiary/aromatic N) is 2. The van der Waals surface area contributed by atoms with Crippen LogP contribution in [-0.4, -0.2) is 30.6 Å². The number of ether oxygens (including phenoxy) is 1. The first-order chi connectivity index (χ1) is 14.2. The summed E-state index contributed by atoms with van der Waals surface area (Å²) in [7, 11) is 1.65. The number of benzene rings is 2. The maximum Gasteiger partial charge on any atom is 0.269 e. The van der Waals surface area contributed by atoms with Crippen LogP contribution in [0.2, 0.25) is 0 Å². The van der Waals surface area contributed by atoms with Gasteiger partial charge in [-0.25, -0.2) is 0 Å². The highest BCUT2D eigenvalue weighted by atomic mass is 16.5. The monoisotopic (exact) mass is 387 g/mol. The van der Waals surface area contributed by atoms with Crippen molar-refractivity contribution in [2.45, 2.75) is 25.8 Å². The number of amides is 1. The Morgan fingerprint density at radius 3 is 2.90 bits per heavy atom. The van der Waals surface area contributed by atoms with Crippen LogP contribution < -0.4 is 15.0 Å². The first kappa shape index (κ1) is 19.0. The Morgan fingerprint density at radius 1 is 1.17 bits per heavy atom. The maximum atomic E-state index is 12.6. The highest BCUT2D eigenvalue weighted by Gasteiger charge is 2.27. The van der Waals surface area contributed by atoms with Gasteiger partial charge in [-0.1, -0.05) is 30.3 Å². The molecule has 0 bridgehead atoms.